The summed E-state index contributed by atoms with van der Waals surface area (Å²) in [6, 6.07) is 5.78. The van der Waals surface area contributed by atoms with Gasteiger partial charge in [-0.15, -0.1) is 0 Å². The van der Waals surface area contributed by atoms with Gasteiger partial charge in [0.05, 0.1) is 17.6 Å². The average Bonchev–Trinajstić information content (AvgIpc) is 3.01. The summed E-state index contributed by atoms with van der Waals surface area (Å²) in [5.74, 6) is 1.33. The van der Waals surface area contributed by atoms with Gasteiger partial charge in [-0.05, 0) is 38.0 Å². The maximum Gasteiger partial charge on any atom is 0.317 e. The second kappa shape index (κ2) is 9.47. The maximum atomic E-state index is 12.3. The number of nitrogens with zero attached hydrogens (tertiary/aromatic N) is 4. The molecule has 0 spiro atoms. The molecule has 0 atom stereocenters. The Bertz CT molecular complexity index is 896. The van der Waals surface area contributed by atoms with E-state index in [1.54, 1.807) is 0 Å². The van der Waals surface area contributed by atoms with E-state index in [9.17, 15) is 9.59 Å². The Morgan fingerprint density at radius 1 is 1.10 bits per heavy atom. The first-order valence-corrected chi connectivity index (χ1v) is 10.8. The second-order valence-corrected chi connectivity index (χ2v) is 8.76. The van der Waals surface area contributed by atoms with Crippen LogP contribution in [0.1, 0.15) is 43.9 Å². The van der Waals surface area contributed by atoms with Crippen LogP contribution < -0.4 is 10.6 Å². The average molecular weight is 415 g/mol. The van der Waals surface area contributed by atoms with Crippen molar-refractivity contribution in [1.82, 2.24) is 30.0 Å². The minimum Gasteiger partial charge on any atom is -0.350 e. The summed E-state index contributed by atoms with van der Waals surface area (Å²) < 4.78 is 2.08. The Kier molecular flexibility index (Phi) is 6.97. The van der Waals surface area contributed by atoms with E-state index in [1.807, 2.05) is 44.0 Å². The maximum absolute atomic E-state index is 12.3. The van der Waals surface area contributed by atoms with E-state index < -0.39 is 0 Å². The van der Waals surface area contributed by atoms with Crippen molar-refractivity contribution < 1.29 is 9.59 Å². The van der Waals surface area contributed by atoms with Gasteiger partial charge < -0.3 is 20.1 Å². The number of imidazole rings is 1. The highest BCUT2D eigenvalue weighted by molar-refractivity contribution is 5.97. The fourth-order valence-electron chi connectivity index (χ4n) is 3.59. The number of carbonyl (C=O) groups excluding carboxylic acids is 2. The second-order valence-electron chi connectivity index (χ2n) is 8.76. The summed E-state index contributed by atoms with van der Waals surface area (Å²) in [4.78, 5) is 33.5. The lowest BCUT2D eigenvalue weighted by atomic mass is 10.2. The molecule has 3 amide bonds. The smallest absolute Gasteiger partial charge is 0.317 e. The monoisotopic (exact) mass is 414 g/mol. The Balaban J connectivity index is 1.62. The molecule has 0 aliphatic carbocycles. The highest BCUT2D eigenvalue weighted by Gasteiger charge is 2.22. The fraction of sp³-hybridized carbons (Fsp3) is 0.591. The van der Waals surface area contributed by atoms with Crippen molar-refractivity contribution in [1.29, 1.82) is 0 Å². The van der Waals surface area contributed by atoms with Crippen LogP contribution in [0.2, 0.25) is 0 Å². The van der Waals surface area contributed by atoms with Gasteiger partial charge in [0.2, 0.25) is 0 Å². The van der Waals surface area contributed by atoms with Gasteiger partial charge in [-0.25, -0.2) is 9.78 Å². The molecule has 1 aromatic heterocycles. The number of rotatable bonds is 6. The van der Waals surface area contributed by atoms with Crippen LogP contribution in [0.15, 0.2) is 18.2 Å². The molecule has 0 unspecified atom stereocenters. The molecule has 1 aromatic carbocycles. The Labute approximate surface area is 178 Å². The van der Waals surface area contributed by atoms with Crippen LogP contribution in [-0.4, -0.2) is 70.1 Å². The number of carbonyl (C=O) groups is 2. The summed E-state index contributed by atoms with van der Waals surface area (Å²) in [5.41, 5.74) is 2.47. The Hall–Kier alpha value is -2.61. The fourth-order valence-corrected chi connectivity index (χ4v) is 3.59. The molecule has 3 rings (SSSR count). The molecule has 2 N–H and O–H groups in total. The number of aromatic nitrogens is 2. The lowest BCUT2D eigenvalue weighted by Gasteiger charge is -2.34. The summed E-state index contributed by atoms with van der Waals surface area (Å²) in [5, 5.41) is 5.91. The zero-order valence-electron chi connectivity index (χ0n) is 18.7. The predicted molar refractivity (Wildman–Crippen MR) is 118 cm³/mol. The first-order valence-electron chi connectivity index (χ1n) is 10.8. The van der Waals surface area contributed by atoms with Crippen LogP contribution in [0, 0.1) is 5.92 Å². The van der Waals surface area contributed by atoms with E-state index >= 15 is 0 Å². The van der Waals surface area contributed by atoms with Crippen LogP contribution in [0.25, 0.3) is 11.0 Å². The van der Waals surface area contributed by atoms with E-state index in [-0.39, 0.29) is 18.0 Å². The summed E-state index contributed by atoms with van der Waals surface area (Å²) in [6.45, 7) is 12.6. The summed E-state index contributed by atoms with van der Waals surface area (Å²) >= 11 is 0. The molecule has 8 heteroatoms. The number of aryl methyl sites for hydroxylation is 1. The first kappa shape index (κ1) is 22.1. The molecule has 164 valence electrons. The van der Waals surface area contributed by atoms with Crippen LogP contribution in [-0.2, 0) is 13.6 Å². The largest absolute Gasteiger partial charge is 0.350 e. The number of urea groups is 1. The highest BCUT2D eigenvalue weighted by Crippen LogP contribution is 2.19. The molecular weight excluding hydrogens is 380 g/mol. The number of hydrogen-bond acceptors (Lipinski definition) is 4. The van der Waals surface area contributed by atoms with Gasteiger partial charge in [0.25, 0.3) is 5.91 Å². The number of amides is 3. The molecule has 1 aliphatic rings. The number of nitrogens with one attached hydrogen (secondary N) is 2. The van der Waals surface area contributed by atoms with Gasteiger partial charge in [-0.2, -0.15) is 0 Å². The normalized spacial score (nSPS) is 15.2. The van der Waals surface area contributed by atoms with Gasteiger partial charge >= 0.3 is 6.03 Å². The van der Waals surface area contributed by atoms with Crippen molar-refractivity contribution in [3.8, 4) is 0 Å². The van der Waals surface area contributed by atoms with Crippen LogP contribution in [0.4, 0.5) is 4.79 Å². The third-order valence-corrected chi connectivity index (χ3v) is 5.34. The SMILES string of the molecule is CC(C)CNC(=O)N1CCN(Cc2nc3cc(C(=O)NC(C)C)ccc3n2C)CC1. The van der Waals surface area contributed by atoms with Gasteiger partial charge in [0, 0.05) is 51.4 Å². The minimum absolute atomic E-state index is 0.0262. The first-order chi connectivity index (χ1) is 14.2. The zero-order valence-corrected chi connectivity index (χ0v) is 18.7. The van der Waals surface area contributed by atoms with Gasteiger partial charge in [-0.3, -0.25) is 9.69 Å². The predicted octanol–water partition coefficient (Wildman–Crippen LogP) is 2.19. The third kappa shape index (κ3) is 5.30. The quantitative estimate of drug-likeness (QED) is 0.759. The molecule has 0 saturated carbocycles. The van der Waals surface area contributed by atoms with Gasteiger partial charge in [0.15, 0.2) is 0 Å². The van der Waals surface area contributed by atoms with Crippen LogP contribution in [0.5, 0.6) is 0 Å². The molecule has 1 fully saturated rings. The lowest BCUT2D eigenvalue weighted by Crippen LogP contribution is -2.52. The molecule has 0 bridgehead atoms. The number of fused-ring (bicyclic) bond motifs is 1. The summed E-state index contributed by atoms with van der Waals surface area (Å²) in [7, 11) is 2.01. The molecule has 2 aromatic rings. The molecule has 0 radical (unpaired) electrons. The molecule has 8 nitrogen and oxygen atoms in total. The minimum atomic E-state index is -0.0778. The standard InChI is InChI=1S/C22H34N6O2/c1-15(2)13-23-22(30)28-10-8-27(9-11-28)14-20-25-18-12-17(21(29)24-16(3)4)6-7-19(18)26(20)5/h6-7,12,15-16H,8-11,13-14H2,1-5H3,(H,23,30)(H,24,29). The van der Waals surface area contributed by atoms with Crippen molar-refractivity contribution >= 4 is 23.0 Å². The van der Waals surface area contributed by atoms with Gasteiger partial charge in [-0.1, -0.05) is 13.8 Å². The molecule has 1 aliphatic heterocycles. The van der Waals surface area contributed by atoms with Crippen molar-refractivity contribution in [3.63, 3.8) is 0 Å². The van der Waals surface area contributed by atoms with Crippen molar-refractivity contribution in [2.75, 3.05) is 32.7 Å². The molecule has 1 saturated heterocycles. The number of hydrogen-bond donors (Lipinski definition) is 2. The van der Waals surface area contributed by atoms with E-state index in [4.69, 9.17) is 4.98 Å². The van der Waals surface area contributed by atoms with Crippen molar-refractivity contribution in [2.45, 2.75) is 40.3 Å². The summed E-state index contributed by atoms with van der Waals surface area (Å²) in [6.07, 6.45) is 0. The van der Waals surface area contributed by atoms with Crippen molar-refractivity contribution in [2.24, 2.45) is 13.0 Å². The van der Waals surface area contributed by atoms with Gasteiger partial charge in [0.1, 0.15) is 5.82 Å². The van der Waals surface area contributed by atoms with Crippen LogP contribution >= 0.6 is 0 Å². The lowest BCUT2D eigenvalue weighted by molar-refractivity contribution is 0.0943. The number of piperazine rings is 1. The van der Waals surface area contributed by atoms with E-state index in [2.05, 4.69) is 33.9 Å². The molecular formula is C22H34N6O2. The van der Waals surface area contributed by atoms with E-state index in [0.717, 1.165) is 36.5 Å². The zero-order chi connectivity index (χ0) is 21.8. The molecule has 2 heterocycles. The molecule has 30 heavy (non-hydrogen) atoms. The van der Waals surface area contributed by atoms with Crippen molar-refractivity contribution in [3.05, 3.63) is 29.6 Å². The topological polar surface area (TPSA) is 82.5 Å². The van der Waals surface area contributed by atoms with E-state index in [0.29, 0.717) is 31.1 Å². The Morgan fingerprint density at radius 2 is 1.80 bits per heavy atom. The number of benzene rings is 1. The highest BCUT2D eigenvalue weighted by atomic mass is 16.2. The Morgan fingerprint density at radius 3 is 2.43 bits per heavy atom. The van der Waals surface area contributed by atoms with E-state index in [1.165, 1.54) is 0 Å². The third-order valence-electron chi connectivity index (χ3n) is 5.34. The van der Waals surface area contributed by atoms with Crippen LogP contribution in [0.3, 0.4) is 0 Å².